The van der Waals surface area contributed by atoms with Crippen molar-refractivity contribution in [3.05, 3.63) is 77.5 Å². The molecule has 8 amide bonds. The number of esters is 1. The highest BCUT2D eigenvalue weighted by Gasteiger charge is 2.45. The van der Waals surface area contributed by atoms with Gasteiger partial charge in [-0.2, -0.15) is 0 Å². The van der Waals surface area contributed by atoms with Crippen LogP contribution >= 0.6 is 0 Å². The van der Waals surface area contributed by atoms with Crippen LogP contribution in [0, 0.1) is 11.8 Å². The molecule has 74 heavy (non-hydrogen) atoms. The van der Waals surface area contributed by atoms with Crippen molar-refractivity contribution in [3.8, 4) is 5.75 Å². The summed E-state index contributed by atoms with van der Waals surface area (Å²) in [4.78, 5) is 130. The maximum Gasteiger partial charge on any atom is 0.329 e. The molecule has 2 heterocycles. The number of nitrogens with zero attached hydrogens (tertiary/aromatic N) is 2. The summed E-state index contributed by atoms with van der Waals surface area (Å²) in [5.74, 6) is -8.85. The lowest BCUT2D eigenvalue weighted by Crippen LogP contribution is -2.64. The van der Waals surface area contributed by atoms with Gasteiger partial charge in [-0.25, -0.2) is 4.79 Å². The van der Waals surface area contributed by atoms with Crippen LogP contribution in [-0.2, 0) is 71.5 Å². The van der Waals surface area contributed by atoms with Crippen molar-refractivity contribution < 1.29 is 62.3 Å². The quantitative estimate of drug-likeness (QED) is 0.0811. The van der Waals surface area contributed by atoms with Gasteiger partial charge >= 0.3 is 5.97 Å². The molecule has 0 spiro atoms. The average Bonchev–Trinajstić information content (AvgIpc) is 3.36. The Bertz CT molecular complexity index is 2390. The number of amides is 8. The minimum Gasteiger partial charge on any atom is -0.508 e. The Labute approximate surface area is 435 Å². The van der Waals surface area contributed by atoms with Gasteiger partial charge in [0.2, 0.25) is 35.4 Å². The zero-order chi connectivity index (χ0) is 55.0. The van der Waals surface area contributed by atoms with E-state index in [-0.39, 0.29) is 61.9 Å². The number of cyclic esters (lactones) is 1. The number of likely N-dealkylation sites (N-methyl/N-ethyl adjacent to an activating group) is 1. The number of carbonyl (C=O) groups excluding carboxylic acids is 9. The molecule has 22 heteroatoms. The van der Waals surface area contributed by atoms with Crippen LogP contribution in [0.2, 0.25) is 0 Å². The zero-order valence-electron chi connectivity index (χ0n) is 43.7. The van der Waals surface area contributed by atoms with Crippen LogP contribution in [0.3, 0.4) is 0 Å². The summed E-state index contributed by atoms with van der Waals surface area (Å²) in [6.07, 6.45) is -0.000657. The molecule has 21 nitrogen and oxygen atoms in total. The molecule has 2 aromatic carbocycles. The van der Waals surface area contributed by atoms with Gasteiger partial charge in [0, 0.05) is 49.1 Å². The van der Waals surface area contributed by atoms with Crippen LogP contribution in [0.25, 0.3) is 0 Å². The van der Waals surface area contributed by atoms with E-state index in [0.717, 1.165) is 9.80 Å². The average molecular weight is 1050 g/mol. The summed E-state index contributed by atoms with van der Waals surface area (Å²) in [7, 11) is -0.117. The molecule has 11 atom stereocenters. The molecular formula is C52H74N8O13S. The minimum atomic E-state index is -1.83. The Hall–Kier alpha value is -6.68. The smallest absolute Gasteiger partial charge is 0.329 e. The van der Waals surface area contributed by atoms with E-state index in [2.05, 4.69) is 31.9 Å². The third kappa shape index (κ3) is 16.4. The number of carbonyl (C=O) groups is 9. The highest BCUT2D eigenvalue weighted by atomic mass is 32.2. The van der Waals surface area contributed by atoms with Crippen molar-refractivity contribution in [3.63, 3.8) is 0 Å². The van der Waals surface area contributed by atoms with Crippen molar-refractivity contribution in [2.75, 3.05) is 19.1 Å². The second kappa shape index (κ2) is 28.1. The van der Waals surface area contributed by atoms with Crippen LogP contribution in [0.15, 0.2) is 66.4 Å². The molecule has 2 fully saturated rings. The number of aliphatic hydroxyl groups is 1. The SMILES string of the molecule is C/C=C1\NC(=O)C(NC(=O)[C@H](CCS(C)=O)NC(=O)[C@@H](NC(=O)CCC)[C@@H](C)CC)C(C)OC(=O)C(C(C)C)NC(=O)[C@H](Cc2ccc(O)cc2)N(C)C(=O)[C@H](Cc2ccccc2)N2C(=O)[C@H](CCC2O)NC1=O. The first kappa shape index (κ1) is 59.9. The first-order valence-corrected chi connectivity index (χ1v) is 26.8. The molecule has 0 aromatic heterocycles. The maximum absolute atomic E-state index is 15.0. The van der Waals surface area contributed by atoms with Gasteiger partial charge in [0.1, 0.15) is 66.1 Å². The molecule has 2 aliphatic rings. The Kier molecular flexibility index (Phi) is 22.8. The van der Waals surface area contributed by atoms with Gasteiger partial charge in [0.25, 0.3) is 11.8 Å². The van der Waals surface area contributed by atoms with Gasteiger partial charge < -0.3 is 56.7 Å². The van der Waals surface area contributed by atoms with E-state index < -0.39 is 124 Å². The van der Waals surface area contributed by atoms with Crippen LogP contribution < -0.4 is 31.9 Å². The summed E-state index contributed by atoms with van der Waals surface area (Å²) in [5.41, 5.74) is 0.693. The van der Waals surface area contributed by atoms with E-state index in [1.54, 1.807) is 70.2 Å². The molecular weight excluding hydrogens is 977 g/mol. The molecule has 2 saturated heterocycles. The number of rotatable bonds is 17. The van der Waals surface area contributed by atoms with Crippen molar-refractivity contribution in [2.45, 2.75) is 154 Å². The van der Waals surface area contributed by atoms with Gasteiger partial charge in [-0.15, -0.1) is 0 Å². The zero-order valence-corrected chi connectivity index (χ0v) is 44.5. The summed E-state index contributed by atoms with van der Waals surface area (Å²) in [5, 5.41) is 37.3. The first-order valence-electron chi connectivity index (χ1n) is 25.1. The Balaban J connectivity index is 1.84. The third-order valence-corrected chi connectivity index (χ3v) is 14.1. The fourth-order valence-electron chi connectivity index (χ4n) is 8.61. The van der Waals surface area contributed by atoms with Crippen molar-refractivity contribution in [2.24, 2.45) is 11.8 Å². The first-order chi connectivity index (χ1) is 35.0. The Morgan fingerprint density at radius 2 is 1.50 bits per heavy atom. The summed E-state index contributed by atoms with van der Waals surface area (Å²) >= 11 is 0. The number of nitrogens with one attached hydrogen (secondary N) is 6. The topological polar surface area (TPSA) is 299 Å². The van der Waals surface area contributed by atoms with Crippen molar-refractivity contribution in [1.82, 2.24) is 41.7 Å². The Morgan fingerprint density at radius 1 is 0.865 bits per heavy atom. The molecule has 4 rings (SSSR count). The van der Waals surface area contributed by atoms with E-state index >= 15 is 4.79 Å². The van der Waals surface area contributed by atoms with Gasteiger partial charge in [-0.05, 0) is 74.6 Å². The number of phenols is 1. The predicted molar refractivity (Wildman–Crippen MR) is 274 cm³/mol. The van der Waals surface area contributed by atoms with Crippen LogP contribution in [0.5, 0.6) is 5.75 Å². The van der Waals surface area contributed by atoms with Crippen LogP contribution in [-0.4, -0.2) is 151 Å². The normalized spacial score (nSPS) is 24.7. The fourth-order valence-corrected chi connectivity index (χ4v) is 9.18. The molecule has 0 radical (unpaired) electrons. The molecule has 0 saturated carbocycles. The lowest BCUT2D eigenvalue weighted by atomic mass is 9.95. The van der Waals surface area contributed by atoms with Crippen LogP contribution in [0.4, 0.5) is 0 Å². The van der Waals surface area contributed by atoms with Gasteiger partial charge in [-0.1, -0.05) is 89.6 Å². The highest BCUT2D eigenvalue weighted by molar-refractivity contribution is 7.84. The van der Waals surface area contributed by atoms with Gasteiger partial charge in [0.15, 0.2) is 0 Å². The number of fused-ring (bicyclic) bond motifs is 2. The number of hydrogen-bond acceptors (Lipinski definition) is 13. The Morgan fingerprint density at radius 3 is 2.09 bits per heavy atom. The van der Waals surface area contributed by atoms with E-state index in [0.29, 0.717) is 24.0 Å². The summed E-state index contributed by atoms with van der Waals surface area (Å²) in [6, 6.07) is 4.58. The van der Waals surface area contributed by atoms with E-state index in [1.165, 1.54) is 45.4 Å². The number of aromatic hydroxyl groups is 1. The highest BCUT2D eigenvalue weighted by Crippen LogP contribution is 2.26. The molecule has 0 aliphatic carbocycles. The monoisotopic (exact) mass is 1050 g/mol. The largest absolute Gasteiger partial charge is 0.508 e. The van der Waals surface area contributed by atoms with Gasteiger partial charge in [0.05, 0.1) is 0 Å². The number of benzene rings is 2. The molecule has 5 unspecified atom stereocenters. The number of hydrogen-bond donors (Lipinski definition) is 8. The second-order valence-corrected chi connectivity index (χ2v) is 20.8. The summed E-state index contributed by atoms with van der Waals surface area (Å²) < 4.78 is 18.3. The standard InChI is InChI=1S/C52H74N8O13S/c1-10-16-40(62)56-43(30(6)11-2)48(67)54-36(25-26-74(9)72)46(65)58-44-31(7)73-52(71)42(29(4)5)57-47(66)38(27-33-19-21-34(61)22-20-33)59(8)51(70)39(28-32-17-14-13-15-18-32)60-41(63)24-23-37(50(60)69)55-45(64)35(12-3)53-49(44)68/h12-15,17-22,29-31,36-39,41-44,61,63H,10-11,16,23-28H2,1-9H3,(H,53,68)(H,54,67)(H,55,64)(H,56,62)(H,57,66)(H,58,65)/b35-12-/t30-,31?,36-,37-,38-,39-,41?,42?,43-,44?,74?/m0/s1. The molecule has 8 N–H and O–H groups in total. The molecule has 406 valence electrons. The lowest BCUT2D eigenvalue weighted by molar-refractivity contribution is -0.165. The molecule has 2 aromatic rings. The van der Waals surface area contributed by atoms with E-state index in [4.69, 9.17) is 4.74 Å². The fraction of sp³-hybridized carbons (Fsp3) is 0.558. The molecule has 2 aliphatic heterocycles. The van der Waals surface area contributed by atoms with Crippen molar-refractivity contribution >= 4 is 64.0 Å². The maximum atomic E-state index is 15.0. The van der Waals surface area contributed by atoms with E-state index in [9.17, 15) is 52.8 Å². The van der Waals surface area contributed by atoms with Crippen molar-refractivity contribution in [1.29, 1.82) is 0 Å². The predicted octanol–water partition coefficient (Wildman–Crippen LogP) is 0.974. The summed E-state index contributed by atoms with van der Waals surface area (Å²) in [6.45, 7) is 11.3. The lowest BCUT2D eigenvalue weighted by Gasteiger charge is -2.43. The second-order valence-electron chi connectivity index (χ2n) is 19.2. The molecule has 2 bridgehead atoms. The number of ether oxygens (including phenoxy) is 1. The number of aliphatic hydroxyl groups excluding tert-OH is 1. The third-order valence-electron chi connectivity index (χ3n) is 13.2. The van der Waals surface area contributed by atoms with Gasteiger partial charge in [-0.3, -0.25) is 42.6 Å². The van der Waals surface area contributed by atoms with Crippen LogP contribution in [0.1, 0.15) is 98.1 Å². The number of phenolic OH excluding ortho intramolecular Hbond substituents is 1. The van der Waals surface area contributed by atoms with E-state index in [1.807, 2.05) is 6.92 Å². The number of piperidine rings is 1. The minimum absolute atomic E-state index is 0.0625. The number of allylic oxidation sites excluding steroid dienone is 1.